The number of rotatable bonds is 3. The van der Waals surface area contributed by atoms with Crippen LogP contribution in [0.15, 0.2) is 30.5 Å². The van der Waals surface area contributed by atoms with Gasteiger partial charge in [0.1, 0.15) is 11.5 Å². The molecule has 0 unspecified atom stereocenters. The maximum atomic E-state index is 13.7. The van der Waals surface area contributed by atoms with Gasteiger partial charge in [-0.3, -0.25) is 0 Å². The number of benzene rings is 1. The van der Waals surface area contributed by atoms with Crippen molar-refractivity contribution in [2.24, 2.45) is 0 Å². The van der Waals surface area contributed by atoms with E-state index >= 15 is 0 Å². The van der Waals surface area contributed by atoms with Crippen molar-refractivity contribution in [1.29, 1.82) is 0 Å². The van der Waals surface area contributed by atoms with Crippen molar-refractivity contribution in [3.05, 3.63) is 47.5 Å². The molecule has 1 heterocycles. The molecular weight excluding hydrogens is 205 g/mol. The van der Waals surface area contributed by atoms with E-state index in [1.54, 1.807) is 16.9 Å². The zero-order chi connectivity index (χ0) is 11.5. The lowest BCUT2D eigenvalue weighted by Crippen LogP contribution is -2.07. The largest absolute Gasteiger partial charge is 0.314 e. The highest BCUT2D eigenvalue weighted by Crippen LogP contribution is 2.14. The van der Waals surface area contributed by atoms with Gasteiger partial charge in [-0.05, 0) is 37.7 Å². The molecule has 2 aromatic rings. The van der Waals surface area contributed by atoms with E-state index in [0.717, 1.165) is 11.3 Å². The summed E-state index contributed by atoms with van der Waals surface area (Å²) in [5, 5.41) is 7.28. The highest BCUT2D eigenvalue weighted by Gasteiger charge is 2.06. The summed E-state index contributed by atoms with van der Waals surface area (Å²) in [4.78, 5) is 0. The van der Waals surface area contributed by atoms with E-state index in [1.807, 2.05) is 26.1 Å². The molecule has 1 N–H and O–H groups in total. The molecule has 1 aromatic carbocycles. The van der Waals surface area contributed by atoms with Gasteiger partial charge in [-0.1, -0.05) is 6.07 Å². The second-order valence-electron chi connectivity index (χ2n) is 3.74. The lowest BCUT2D eigenvalue weighted by molar-refractivity contribution is 0.607. The van der Waals surface area contributed by atoms with Crippen LogP contribution in [0.5, 0.6) is 0 Å². The molecular formula is C12H14FN3. The maximum Gasteiger partial charge on any atom is 0.149 e. The zero-order valence-electron chi connectivity index (χ0n) is 9.37. The van der Waals surface area contributed by atoms with Gasteiger partial charge in [0.15, 0.2) is 0 Å². The van der Waals surface area contributed by atoms with Crippen molar-refractivity contribution in [3.63, 3.8) is 0 Å². The summed E-state index contributed by atoms with van der Waals surface area (Å²) in [6.07, 6.45) is 1.76. The third kappa shape index (κ3) is 2.12. The Morgan fingerprint density at radius 1 is 1.38 bits per heavy atom. The summed E-state index contributed by atoms with van der Waals surface area (Å²) in [7, 11) is 1.85. The molecule has 0 saturated carbocycles. The lowest BCUT2D eigenvalue weighted by atomic mass is 10.2. The average Bonchev–Trinajstić information content (AvgIpc) is 2.67. The SMILES string of the molecule is CNCc1ccn(-c2ccc(C)cc2F)n1. The van der Waals surface area contributed by atoms with Crippen molar-refractivity contribution in [2.75, 3.05) is 7.05 Å². The number of nitrogens with zero attached hydrogens (tertiary/aromatic N) is 2. The molecule has 0 aliphatic carbocycles. The molecule has 0 aliphatic rings. The quantitative estimate of drug-likeness (QED) is 0.856. The first-order chi connectivity index (χ1) is 7.70. The van der Waals surface area contributed by atoms with Crippen LogP contribution in [-0.4, -0.2) is 16.8 Å². The molecule has 84 valence electrons. The molecule has 3 nitrogen and oxygen atoms in total. The smallest absolute Gasteiger partial charge is 0.149 e. The number of hydrogen-bond acceptors (Lipinski definition) is 2. The first-order valence-electron chi connectivity index (χ1n) is 5.16. The van der Waals surface area contributed by atoms with Crippen LogP contribution in [-0.2, 0) is 6.54 Å². The van der Waals surface area contributed by atoms with Gasteiger partial charge in [-0.25, -0.2) is 9.07 Å². The van der Waals surface area contributed by atoms with Crippen LogP contribution in [0.1, 0.15) is 11.3 Å². The van der Waals surface area contributed by atoms with Gasteiger partial charge >= 0.3 is 0 Å². The summed E-state index contributed by atoms with van der Waals surface area (Å²) in [5.74, 6) is -0.251. The van der Waals surface area contributed by atoms with Crippen LogP contribution >= 0.6 is 0 Å². The fraction of sp³-hybridized carbons (Fsp3) is 0.250. The van der Waals surface area contributed by atoms with Crippen LogP contribution < -0.4 is 5.32 Å². The molecule has 0 fully saturated rings. The van der Waals surface area contributed by atoms with Gasteiger partial charge in [0.2, 0.25) is 0 Å². The molecule has 0 bridgehead atoms. The monoisotopic (exact) mass is 219 g/mol. The normalized spacial score (nSPS) is 10.7. The van der Waals surface area contributed by atoms with E-state index in [9.17, 15) is 4.39 Å². The van der Waals surface area contributed by atoms with E-state index in [0.29, 0.717) is 12.2 Å². The Bertz CT molecular complexity index is 491. The molecule has 0 saturated heterocycles. The lowest BCUT2D eigenvalue weighted by Gasteiger charge is -2.03. The Morgan fingerprint density at radius 3 is 2.88 bits per heavy atom. The van der Waals surface area contributed by atoms with Crippen LogP contribution in [0.3, 0.4) is 0 Å². The molecule has 0 spiro atoms. The molecule has 0 amide bonds. The highest BCUT2D eigenvalue weighted by atomic mass is 19.1. The van der Waals surface area contributed by atoms with Gasteiger partial charge in [-0.2, -0.15) is 5.10 Å². The summed E-state index contributed by atoms with van der Waals surface area (Å²) in [5.41, 5.74) is 2.28. The molecule has 2 rings (SSSR count). The minimum atomic E-state index is -0.251. The fourth-order valence-corrected chi connectivity index (χ4v) is 1.57. The van der Waals surface area contributed by atoms with Gasteiger partial charge < -0.3 is 5.32 Å². The van der Waals surface area contributed by atoms with Crippen molar-refractivity contribution in [3.8, 4) is 5.69 Å². The Morgan fingerprint density at radius 2 is 2.19 bits per heavy atom. The van der Waals surface area contributed by atoms with E-state index in [1.165, 1.54) is 6.07 Å². The van der Waals surface area contributed by atoms with Crippen molar-refractivity contribution < 1.29 is 4.39 Å². The van der Waals surface area contributed by atoms with Crippen LogP contribution in [0.4, 0.5) is 4.39 Å². The first-order valence-corrected chi connectivity index (χ1v) is 5.16. The summed E-state index contributed by atoms with van der Waals surface area (Å²) >= 11 is 0. The standard InChI is InChI=1S/C12H14FN3/c1-9-3-4-12(11(13)7-9)16-6-5-10(15-16)8-14-2/h3-7,14H,8H2,1-2H3. The second-order valence-corrected chi connectivity index (χ2v) is 3.74. The summed E-state index contributed by atoms with van der Waals surface area (Å²) in [6.45, 7) is 2.54. The predicted molar refractivity (Wildman–Crippen MR) is 61.0 cm³/mol. The molecule has 0 aliphatic heterocycles. The Balaban J connectivity index is 2.35. The minimum absolute atomic E-state index is 0.251. The zero-order valence-corrected chi connectivity index (χ0v) is 9.37. The van der Waals surface area contributed by atoms with Crippen molar-refractivity contribution in [1.82, 2.24) is 15.1 Å². The van der Waals surface area contributed by atoms with Gasteiger partial charge in [-0.15, -0.1) is 0 Å². The summed E-state index contributed by atoms with van der Waals surface area (Å²) < 4.78 is 15.2. The summed E-state index contributed by atoms with van der Waals surface area (Å²) in [6, 6.07) is 6.99. The van der Waals surface area contributed by atoms with Crippen molar-refractivity contribution in [2.45, 2.75) is 13.5 Å². The minimum Gasteiger partial charge on any atom is -0.314 e. The van der Waals surface area contributed by atoms with E-state index in [-0.39, 0.29) is 5.82 Å². The van der Waals surface area contributed by atoms with E-state index in [4.69, 9.17) is 0 Å². The average molecular weight is 219 g/mol. The number of nitrogens with one attached hydrogen (secondary N) is 1. The van der Waals surface area contributed by atoms with Gasteiger partial charge in [0.25, 0.3) is 0 Å². The third-order valence-corrected chi connectivity index (χ3v) is 2.35. The second kappa shape index (κ2) is 4.45. The molecule has 16 heavy (non-hydrogen) atoms. The Hall–Kier alpha value is -1.68. The number of halogens is 1. The first kappa shape index (κ1) is 10.8. The maximum absolute atomic E-state index is 13.7. The number of aromatic nitrogens is 2. The highest BCUT2D eigenvalue weighted by molar-refractivity contribution is 5.35. The Kier molecular flexibility index (Phi) is 3.01. The van der Waals surface area contributed by atoms with Gasteiger partial charge in [0, 0.05) is 12.7 Å². The van der Waals surface area contributed by atoms with Crippen molar-refractivity contribution >= 4 is 0 Å². The molecule has 1 aromatic heterocycles. The Labute approximate surface area is 93.9 Å². The van der Waals surface area contributed by atoms with Gasteiger partial charge in [0.05, 0.1) is 5.69 Å². The van der Waals surface area contributed by atoms with Crippen LogP contribution in [0.25, 0.3) is 5.69 Å². The van der Waals surface area contributed by atoms with Crippen LogP contribution in [0, 0.1) is 12.7 Å². The molecule has 0 atom stereocenters. The topological polar surface area (TPSA) is 29.9 Å². The number of hydrogen-bond donors (Lipinski definition) is 1. The molecule has 4 heteroatoms. The predicted octanol–water partition coefficient (Wildman–Crippen LogP) is 2.04. The fourth-order valence-electron chi connectivity index (χ4n) is 1.57. The van der Waals surface area contributed by atoms with E-state index in [2.05, 4.69) is 10.4 Å². The van der Waals surface area contributed by atoms with Crippen LogP contribution in [0.2, 0.25) is 0 Å². The third-order valence-electron chi connectivity index (χ3n) is 2.35. The molecule has 0 radical (unpaired) electrons. The van der Waals surface area contributed by atoms with E-state index < -0.39 is 0 Å². The number of aryl methyl sites for hydroxylation is 1.